The number of carbonyl (C=O) groups is 3. The van der Waals surface area contributed by atoms with E-state index in [2.05, 4.69) is 25.4 Å². The molecule has 2 amide bonds. The van der Waals surface area contributed by atoms with E-state index >= 15 is 0 Å². The molecule has 3 saturated heterocycles. The van der Waals surface area contributed by atoms with Gasteiger partial charge in [-0.3, -0.25) is 19.4 Å². The third kappa shape index (κ3) is 8.63. The SMILES string of the molecule is CC(=O)N[C@H]1[C@H]([C@H](O)[C@H](O)CNC(=O)c2c[nH]c(C)c2)O[C@@](CCN2CCOC[C@@]23CCN(COC(C)(C)C)C3)(C(=O)O)C[C@@H]1O. The number of likely N-dealkylation sites (tertiary alicyclic amines) is 1. The number of ether oxygens (including phenoxy) is 3. The fourth-order valence-electron chi connectivity index (χ4n) is 6.59. The van der Waals surface area contributed by atoms with Crippen molar-refractivity contribution in [2.45, 2.75) is 101 Å². The number of aromatic amines is 1. The Morgan fingerprint density at radius 3 is 2.61 bits per heavy atom. The number of hydrogen-bond acceptors (Lipinski definition) is 11. The quantitative estimate of drug-likeness (QED) is 0.148. The van der Waals surface area contributed by atoms with Crippen LogP contribution in [0.25, 0.3) is 0 Å². The van der Waals surface area contributed by atoms with Gasteiger partial charge in [-0.1, -0.05) is 0 Å². The number of aryl methyl sites for hydroxylation is 1. The standard InChI is InChI=1S/C31H51N5O10/c1-19-12-21(14-32-19)27(41)33-15-23(39)25(40)26-24(34-20(2)37)22(38)13-31(46-26,28(42)43)7-9-36-10-11-44-17-30(36)6-8-35(16-30)18-45-29(3,4)5/h12,14,22-26,32,38-40H,6-11,13,15-18H2,1-5H3,(H,33,41)(H,34,37)(H,42,43)/t22-,23+,24+,25+,26+,30-,31+/m0/s1. The predicted octanol–water partition coefficient (Wildman–Crippen LogP) is -0.808. The maximum absolute atomic E-state index is 12.9. The molecule has 0 aromatic carbocycles. The number of aliphatic hydroxyl groups is 3. The summed E-state index contributed by atoms with van der Waals surface area (Å²) in [5.74, 6) is -2.35. The van der Waals surface area contributed by atoms with Crippen LogP contribution in [0.1, 0.15) is 63.0 Å². The molecule has 0 bridgehead atoms. The lowest BCUT2D eigenvalue weighted by molar-refractivity contribution is -0.231. The van der Waals surface area contributed by atoms with Crippen LogP contribution in [0.5, 0.6) is 0 Å². The van der Waals surface area contributed by atoms with Crippen LogP contribution >= 0.6 is 0 Å². The largest absolute Gasteiger partial charge is 0.479 e. The van der Waals surface area contributed by atoms with Crippen LogP contribution in [0.2, 0.25) is 0 Å². The lowest BCUT2D eigenvalue weighted by Crippen LogP contribution is -2.68. The van der Waals surface area contributed by atoms with Gasteiger partial charge in [-0.15, -0.1) is 0 Å². The zero-order valence-electron chi connectivity index (χ0n) is 27.5. The first kappa shape index (κ1) is 36.2. The predicted molar refractivity (Wildman–Crippen MR) is 165 cm³/mol. The number of aromatic nitrogens is 1. The maximum Gasteiger partial charge on any atom is 0.336 e. The first-order valence-electron chi connectivity index (χ1n) is 15.9. The Bertz CT molecular complexity index is 1220. The topological polar surface area (TPSA) is 206 Å². The third-order valence-corrected chi connectivity index (χ3v) is 9.14. The van der Waals surface area contributed by atoms with Crippen LogP contribution in [0, 0.1) is 6.92 Å². The number of H-pyrrole nitrogens is 1. The van der Waals surface area contributed by atoms with Gasteiger partial charge in [0.2, 0.25) is 5.91 Å². The molecule has 15 nitrogen and oxygen atoms in total. The highest BCUT2D eigenvalue weighted by molar-refractivity contribution is 5.94. The average molecular weight is 654 g/mol. The van der Waals surface area contributed by atoms with Crippen molar-refractivity contribution in [3.63, 3.8) is 0 Å². The van der Waals surface area contributed by atoms with Crippen LogP contribution in [-0.4, -0.2) is 153 Å². The Morgan fingerprint density at radius 1 is 1.24 bits per heavy atom. The van der Waals surface area contributed by atoms with E-state index in [9.17, 15) is 34.8 Å². The fraction of sp³-hybridized carbons (Fsp3) is 0.774. The number of amides is 2. The monoisotopic (exact) mass is 653 g/mol. The summed E-state index contributed by atoms with van der Waals surface area (Å²) in [6.07, 6.45) is -4.36. The fourth-order valence-corrected chi connectivity index (χ4v) is 6.59. The minimum absolute atomic E-state index is 0.0324. The van der Waals surface area contributed by atoms with Crippen molar-refractivity contribution in [3.8, 4) is 0 Å². The van der Waals surface area contributed by atoms with Gasteiger partial charge < -0.3 is 50.3 Å². The van der Waals surface area contributed by atoms with E-state index in [1.54, 1.807) is 13.0 Å². The lowest BCUT2D eigenvalue weighted by Gasteiger charge is -2.49. The molecule has 4 heterocycles. The molecular formula is C31H51N5O10. The minimum atomic E-state index is -1.93. The Morgan fingerprint density at radius 2 is 1.98 bits per heavy atom. The van der Waals surface area contributed by atoms with E-state index in [-0.39, 0.29) is 24.0 Å². The Labute approximate surface area is 269 Å². The van der Waals surface area contributed by atoms with E-state index in [1.165, 1.54) is 13.1 Å². The first-order chi connectivity index (χ1) is 21.5. The molecular weight excluding hydrogens is 602 g/mol. The molecule has 46 heavy (non-hydrogen) atoms. The van der Waals surface area contributed by atoms with Crippen LogP contribution < -0.4 is 10.6 Å². The number of nitrogens with zero attached hydrogens (tertiary/aromatic N) is 2. The number of carboxylic acid groups (broad SMARTS) is 1. The smallest absolute Gasteiger partial charge is 0.336 e. The zero-order chi connectivity index (χ0) is 33.9. The molecule has 7 N–H and O–H groups in total. The van der Waals surface area contributed by atoms with Crippen molar-refractivity contribution in [2.75, 3.05) is 52.7 Å². The third-order valence-electron chi connectivity index (χ3n) is 9.14. The molecule has 7 atom stereocenters. The Balaban J connectivity index is 1.48. The summed E-state index contributed by atoms with van der Waals surface area (Å²) in [6, 6.07) is 0.410. The molecule has 1 spiro atoms. The van der Waals surface area contributed by atoms with E-state index in [0.29, 0.717) is 45.1 Å². The van der Waals surface area contributed by atoms with Crippen molar-refractivity contribution in [3.05, 3.63) is 23.5 Å². The second kappa shape index (κ2) is 14.6. The Hall–Kier alpha value is -2.63. The summed E-state index contributed by atoms with van der Waals surface area (Å²) < 4.78 is 18.0. The van der Waals surface area contributed by atoms with Gasteiger partial charge in [0.1, 0.15) is 12.2 Å². The minimum Gasteiger partial charge on any atom is -0.479 e. The molecule has 3 fully saturated rings. The van der Waals surface area contributed by atoms with Gasteiger partial charge in [0.25, 0.3) is 5.91 Å². The van der Waals surface area contributed by atoms with Gasteiger partial charge >= 0.3 is 5.97 Å². The summed E-state index contributed by atoms with van der Waals surface area (Å²) in [7, 11) is 0. The van der Waals surface area contributed by atoms with Gasteiger partial charge in [0, 0.05) is 64.4 Å². The Kier molecular flexibility index (Phi) is 11.5. The van der Waals surface area contributed by atoms with E-state index in [0.717, 1.165) is 18.7 Å². The molecule has 0 unspecified atom stereocenters. The number of nitrogens with one attached hydrogen (secondary N) is 3. The normalized spacial score (nSPS) is 30.7. The van der Waals surface area contributed by atoms with E-state index in [4.69, 9.17) is 14.2 Å². The first-order valence-corrected chi connectivity index (χ1v) is 15.9. The van der Waals surface area contributed by atoms with Crippen molar-refractivity contribution < 1.29 is 49.0 Å². The summed E-state index contributed by atoms with van der Waals surface area (Å²) in [6.45, 7) is 12.4. The molecule has 15 heteroatoms. The van der Waals surface area contributed by atoms with E-state index < -0.39 is 60.4 Å². The number of hydrogen-bond donors (Lipinski definition) is 7. The van der Waals surface area contributed by atoms with Gasteiger partial charge in [0.05, 0.1) is 54.9 Å². The number of aliphatic carboxylic acids is 1. The summed E-state index contributed by atoms with van der Waals surface area (Å²) >= 11 is 0. The molecule has 4 rings (SSSR count). The van der Waals surface area contributed by atoms with Crippen molar-refractivity contribution in [2.24, 2.45) is 0 Å². The molecule has 1 aromatic heterocycles. The van der Waals surface area contributed by atoms with E-state index in [1.807, 2.05) is 20.8 Å². The average Bonchev–Trinajstić information content (AvgIpc) is 3.61. The van der Waals surface area contributed by atoms with Gasteiger partial charge in [-0.2, -0.15) is 0 Å². The van der Waals surface area contributed by atoms with Crippen LogP contribution in [-0.2, 0) is 23.8 Å². The van der Waals surface area contributed by atoms with Crippen LogP contribution in [0.3, 0.4) is 0 Å². The molecule has 260 valence electrons. The molecule has 1 aromatic rings. The highest BCUT2D eigenvalue weighted by atomic mass is 16.6. The van der Waals surface area contributed by atoms with Gasteiger partial charge in [-0.05, 0) is 40.2 Å². The lowest BCUT2D eigenvalue weighted by atomic mass is 9.81. The number of carbonyl (C=O) groups excluding carboxylic acids is 2. The number of rotatable bonds is 12. The number of morpholine rings is 1. The van der Waals surface area contributed by atoms with Crippen LogP contribution in [0.15, 0.2) is 12.3 Å². The second-order valence-electron chi connectivity index (χ2n) is 13.9. The second-order valence-corrected chi connectivity index (χ2v) is 13.9. The van der Waals surface area contributed by atoms with Crippen LogP contribution in [0.4, 0.5) is 0 Å². The van der Waals surface area contributed by atoms with Gasteiger partial charge in [0.15, 0.2) is 5.60 Å². The summed E-state index contributed by atoms with van der Waals surface area (Å²) in [5.41, 5.74) is -1.48. The molecule has 3 aliphatic heterocycles. The van der Waals surface area contributed by atoms with Crippen molar-refractivity contribution >= 4 is 17.8 Å². The molecule has 3 aliphatic rings. The maximum atomic E-state index is 12.9. The zero-order valence-corrected chi connectivity index (χ0v) is 27.5. The number of aliphatic hydroxyl groups excluding tert-OH is 3. The van der Waals surface area contributed by atoms with Crippen molar-refractivity contribution in [1.29, 1.82) is 0 Å². The summed E-state index contributed by atoms with van der Waals surface area (Å²) in [5, 5.41) is 48.9. The highest BCUT2D eigenvalue weighted by Crippen LogP contribution is 2.37. The highest BCUT2D eigenvalue weighted by Gasteiger charge is 2.55. The molecule has 0 radical (unpaired) electrons. The molecule has 0 aliphatic carbocycles. The van der Waals surface area contributed by atoms with Crippen molar-refractivity contribution in [1.82, 2.24) is 25.4 Å². The molecule has 0 saturated carbocycles. The summed E-state index contributed by atoms with van der Waals surface area (Å²) in [4.78, 5) is 44.7. The van der Waals surface area contributed by atoms with Gasteiger partial charge in [-0.25, -0.2) is 4.79 Å². The number of carboxylic acids is 1.